The average molecular weight is 304 g/mol. The Balaban J connectivity index is 0. The third-order valence-electron chi connectivity index (χ3n) is 0.841. The Kier molecular flexibility index (Phi) is 14.3. The second kappa shape index (κ2) is 10.9. The molecule has 1 heteroatoms. The van der Waals surface area contributed by atoms with Gasteiger partial charge in [0.15, 0.2) is 0 Å². The van der Waals surface area contributed by atoms with E-state index < -0.39 is 0 Å². The SMILES string of the molecule is [CH2-]C=CCC=CCC.[Pt]. The number of rotatable bonds is 3. The maximum atomic E-state index is 3.57. The summed E-state index contributed by atoms with van der Waals surface area (Å²) in [5, 5.41) is 0. The molecule has 9 heavy (non-hydrogen) atoms. The molecule has 0 aromatic heterocycles. The predicted octanol–water partition coefficient (Wildman–Crippen LogP) is 2.73. The minimum absolute atomic E-state index is 0. The molecule has 0 aliphatic carbocycles. The van der Waals surface area contributed by atoms with Crippen LogP contribution in [0.25, 0.3) is 0 Å². The van der Waals surface area contributed by atoms with E-state index in [1.807, 2.05) is 12.2 Å². The van der Waals surface area contributed by atoms with E-state index in [1.165, 1.54) is 0 Å². The van der Waals surface area contributed by atoms with Gasteiger partial charge in [-0.05, 0) is 6.42 Å². The van der Waals surface area contributed by atoms with Crippen LogP contribution in [0.15, 0.2) is 24.3 Å². The van der Waals surface area contributed by atoms with Crippen LogP contribution in [0.3, 0.4) is 0 Å². The quantitative estimate of drug-likeness (QED) is 0.555. The molecule has 0 aliphatic heterocycles. The fourth-order valence-electron chi connectivity index (χ4n) is 0.438. The van der Waals surface area contributed by atoms with E-state index in [4.69, 9.17) is 0 Å². The molecule has 0 bridgehead atoms. The summed E-state index contributed by atoms with van der Waals surface area (Å²) in [4.78, 5) is 0. The van der Waals surface area contributed by atoms with Gasteiger partial charge < -0.3 is 0 Å². The Hall–Kier alpha value is 0.0383. The summed E-state index contributed by atoms with van der Waals surface area (Å²) >= 11 is 0. The first-order valence-corrected chi connectivity index (χ1v) is 3.01. The van der Waals surface area contributed by atoms with E-state index >= 15 is 0 Å². The van der Waals surface area contributed by atoms with Gasteiger partial charge in [-0.3, -0.25) is 0 Å². The Morgan fingerprint density at radius 1 is 1.22 bits per heavy atom. The van der Waals surface area contributed by atoms with Crippen molar-refractivity contribution < 1.29 is 21.1 Å². The fourth-order valence-corrected chi connectivity index (χ4v) is 0.438. The van der Waals surface area contributed by atoms with Crippen LogP contribution in [-0.4, -0.2) is 0 Å². The fraction of sp³-hybridized carbons (Fsp3) is 0.375. The zero-order valence-electron chi connectivity index (χ0n) is 5.75. The molecule has 56 valence electrons. The largest absolute Gasteiger partial charge is 0.245 e. The van der Waals surface area contributed by atoms with Crippen LogP contribution >= 0.6 is 0 Å². The predicted molar refractivity (Wildman–Crippen MR) is 38.5 cm³/mol. The summed E-state index contributed by atoms with van der Waals surface area (Å²) in [6, 6.07) is 0. The minimum atomic E-state index is 0. The molecule has 0 spiro atoms. The molecule has 0 nitrogen and oxygen atoms in total. The van der Waals surface area contributed by atoms with Crippen LogP contribution < -0.4 is 0 Å². The number of hydrogen-bond donors (Lipinski definition) is 0. The van der Waals surface area contributed by atoms with Gasteiger partial charge in [-0.2, -0.15) is 0 Å². The molecule has 0 fully saturated rings. The van der Waals surface area contributed by atoms with E-state index in [0.29, 0.717) is 0 Å². The molecular weight excluding hydrogens is 291 g/mol. The van der Waals surface area contributed by atoms with Crippen molar-refractivity contribution in [2.75, 3.05) is 0 Å². The molecule has 0 amide bonds. The van der Waals surface area contributed by atoms with E-state index in [9.17, 15) is 0 Å². The third kappa shape index (κ3) is 11.5. The first-order valence-electron chi connectivity index (χ1n) is 3.01. The molecule has 0 atom stereocenters. The van der Waals surface area contributed by atoms with Crippen molar-refractivity contribution in [3.05, 3.63) is 31.2 Å². The topological polar surface area (TPSA) is 0 Å². The summed E-state index contributed by atoms with van der Waals surface area (Å²) in [6.07, 6.45) is 10.3. The second-order valence-corrected chi connectivity index (χ2v) is 1.59. The number of hydrogen-bond acceptors (Lipinski definition) is 0. The molecule has 0 saturated heterocycles. The van der Waals surface area contributed by atoms with Crippen molar-refractivity contribution >= 4 is 0 Å². The molecule has 0 heterocycles. The average Bonchev–Trinajstić information content (AvgIpc) is 1.81. The van der Waals surface area contributed by atoms with Crippen molar-refractivity contribution in [3.63, 3.8) is 0 Å². The molecular formula is C8H13Pt-. The maximum Gasteiger partial charge on any atom is 0 e. The van der Waals surface area contributed by atoms with Gasteiger partial charge in [-0.1, -0.05) is 19.4 Å². The monoisotopic (exact) mass is 304 g/mol. The first kappa shape index (κ1) is 11.8. The van der Waals surface area contributed by atoms with Crippen molar-refractivity contribution in [2.45, 2.75) is 19.8 Å². The minimum Gasteiger partial charge on any atom is -0.245 e. The van der Waals surface area contributed by atoms with E-state index in [-0.39, 0.29) is 21.1 Å². The zero-order valence-corrected chi connectivity index (χ0v) is 8.02. The summed E-state index contributed by atoms with van der Waals surface area (Å²) in [6.45, 7) is 5.70. The van der Waals surface area contributed by atoms with Gasteiger partial charge in [-0.25, -0.2) is 19.1 Å². The normalized spacial score (nSPS) is 10.3. The molecule has 0 unspecified atom stereocenters. The van der Waals surface area contributed by atoms with Crippen LogP contribution in [-0.2, 0) is 21.1 Å². The van der Waals surface area contributed by atoms with Crippen LogP contribution in [0.4, 0.5) is 0 Å². The van der Waals surface area contributed by atoms with Gasteiger partial charge in [0.05, 0.1) is 0 Å². The van der Waals surface area contributed by atoms with Gasteiger partial charge in [0.25, 0.3) is 0 Å². The van der Waals surface area contributed by atoms with Crippen molar-refractivity contribution in [3.8, 4) is 0 Å². The Morgan fingerprint density at radius 3 is 2.33 bits per heavy atom. The zero-order chi connectivity index (χ0) is 6.24. The Labute approximate surface area is 72.3 Å². The standard InChI is InChI=1S/C8H13.Pt/c1-3-5-7-8-6-4-2;/h3,5-6,8H,1,4,7H2,2H3;/q-1;. The Bertz CT molecular complexity index is 82.6. The van der Waals surface area contributed by atoms with Gasteiger partial charge in [0.1, 0.15) is 0 Å². The van der Waals surface area contributed by atoms with Crippen LogP contribution in [0.1, 0.15) is 19.8 Å². The van der Waals surface area contributed by atoms with Crippen molar-refractivity contribution in [1.29, 1.82) is 0 Å². The smallest absolute Gasteiger partial charge is 0 e. The van der Waals surface area contributed by atoms with Crippen LogP contribution in [0, 0.1) is 6.92 Å². The van der Waals surface area contributed by atoms with Gasteiger partial charge in [0, 0.05) is 21.1 Å². The van der Waals surface area contributed by atoms with Gasteiger partial charge in [-0.15, -0.1) is 6.08 Å². The van der Waals surface area contributed by atoms with Crippen molar-refractivity contribution in [2.24, 2.45) is 0 Å². The Morgan fingerprint density at radius 2 is 1.89 bits per heavy atom. The summed E-state index contributed by atoms with van der Waals surface area (Å²) in [7, 11) is 0. The molecule has 0 aliphatic rings. The van der Waals surface area contributed by atoms with Crippen LogP contribution in [0.2, 0.25) is 0 Å². The molecule has 0 aromatic rings. The van der Waals surface area contributed by atoms with Crippen LogP contribution in [0.5, 0.6) is 0 Å². The molecule has 0 radical (unpaired) electrons. The molecule has 0 saturated carbocycles. The molecule has 0 aromatic carbocycles. The number of allylic oxidation sites excluding steroid dienone is 4. The van der Waals surface area contributed by atoms with Crippen molar-refractivity contribution in [1.82, 2.24) is 0 Å². The maximum absolute atomic E-state index is 3.57. The van der Waals surface area contributed by atoms with Gasteiger partial charge >= 0.3 is 0 Å². The van der Waals surface area contributed by atoms with E-state index in [0.717, 1.165) is 12.8 Å². The summed E-state index contributed by atoms with van der Waals surface area (Å²) < 4.78 is 0. The first-order chi connectivity index (χ1) is 3.91. The summed E-state index contributed by atoms with van der Waals surface area (Å²) in [5.74, 6) is 0. The third-order valence-corrected chi connectivity index (χ3v) is 0.841. The summed E-state index contributed by atoms with van der Waals surface area (Å²) in [5.41, 5.74) is 0. The van der Waals surface area contributed by atoms with Gasteiger partial charge in [0.2, 0.25) is 0 Å². The molecule has 0 rings (SSSR count). The molecule has 0 N–H and O–H groups in total. The van der Waals surface area contributed by atoms with E-state index in [2.05, 4.69) is 26.0 Å². The second-order valence-electron chi connectivity index (χ2n) is 1.59. The van der Waals surface area contributed by atoms with E-state index in [1.54, 1.807) is 0 Å².